The van der Waals surface area contributed by atoms with Gasteiger partial charge in [-0.3, -0.25) is 15.0 Å². The normalized spacial score (nSPS) is 18.3. The molecule has 4 heterocycles. The van der Waals surface area contributed by atoms with Crippen molar-refractivity contribution >= 4 is 21.9 Å². The molecule has 67 heavy (non-hydrogen) atoms. The topological polar surface area (TPSA) is 75.6 Å². The van der Waals surface area contributed by atoms with Gasteiger partial charge in [-0.15, -0.1) is 0 Å². The molecule has 2 fully saturated rings. The average molecular weight is 885 g/mol. The minimum atomic E-state index is -3.12. The second kappa shape index (κ2) is 19.4. The van der Waals surface area contributed by atoms with Crippen LogP contribution in [-0.4, -0.2) is 15.0 Å². The van der Waals surface area contributed by atoms with Crippen molar-refractivity contribution in [3.05, 3.63) is 208 Å². The van der Waals surface area contributed by atoms with E-state index in [0.717, 1.165) is 91.5 Å². The van der Waals surface area contributed by atoms with Crippen LogP contribution in [0.1, 0.15) is 130 Å². The van der Waals surface area contributed by atoms with Gasteiger partial charge in [-0.05, 0) is 163 Å². The molecule has 0 spiro atoms. The summed E-state index contributed by atoms with van der Waals surface area (Å²) in [6, 6.07) is 41.3. The molecule has 2 saturated carbocycles. The maximum Gasteiger partial charge on any atom is 0.144 e. The molecule has 9 aromatic rings. The minimum Gasteiger partial charge on any atom is -0.455 e. The van der Waals surface area contributed by atoms with Gasteiger partial charge in [-0.1, -0.05) is 123 Å². The first-order valence-corrected chi connectivity index (χ1v) is 23.3. The number of benzene rings is 5. The molecule has 0 bridgehead atoms. The molecule has 11 rings (SSSR count). The lowest BCUT2D eigenvalue weighted by Crippen LogP contribution is -2.05. The van der Waals surface area contributed by atoms with Crippen LogP contribution in [0.5, 0.6) is 0 Å². The van der Waals surface area contributed by atoms with Gasteiger partial charge in [0.1, 0.15) is 11.2 Å². The quantitative estimate of drug-likeness (QED) is 0.109. The van der Waals surface area contributed by atoms with E-state index >= 15 is 0 Å². The minimum absolute atomic E-state index is 0.0186. The van der Waals surface area contributed by atoms with Crippen LogP contribution in [0.4, 0.5) is 0 Å². The zero-order valence-electron chi connectivity index (χ0n) is 49.0. The summed E-state index contributed by atoms with van der Waals surface area (Å²) >= 11 is 0. The summed E-state index contributed by atoms with van der Waals surface area (Å²) in [6.07, 6.45) is -7.58. The summed E-state index contributed by atoms with van der Waals surface area (Å²) in [5.74, 6) is -0.229. The van der Waals surface area contributed by atoms with Crippen molar-refractivity contribution < 1.29 is 20.9 Å². The van der Waals surface area contributed by atoms with E-state index in [1.807, 2.05) is 84.9 Å². The highest BCUT2D eigenvalue weighted by atomic mass is 16.3. The predicted molar refractivity (Wildman–Crippen MR) is 272 cm³/mol. The van der Waals surface area contributed by atoms with Crippen LogP contribution in [0, 0.1) is 11.3 Å². The first kappa shape index (κ1) is 30.9. The van der Waals surface area contributed by atoms with Gasteiger partial charge in [0.15, 0.2) is 0 Å². The predicted octanol–water partition coefficient (Wildman–Crippen LogP) is 15.3. The standard InChI is InChI=1S/C62H56N4O/c63-38-46-26-30-53-54-20-11-21-55(62(54)67-61(53)35-46)58-31-27-42(39-64-58)22-23-43-32-44(24-28-51-40-65-59(49-16-3-1-4-17-49)36-56(51)47-12-7-8-13-47)34-45(33-43)25-29-52-41-66-60(50-18-5-2-6-19-50)37-57(52)48-14-9-10-15-48/h1-6,11,16-21,26-27,30-37,39-41,47-48H,7-10,12-15,22-25,28-29H2/i22D2,23D2,24D2,25D2,28D2,29D2. The van der Waals surface area contributed by atoms with Crippen molar-refractivity contribution in [2.75, 3.05) is 0 Å². The number of fused-ring (bicyclic) bond motifs is 3. The molecule has 0 N–H and O–H groups in total. The zero-order chi connectivity index (χ0) is 55.7. The van der Waals surface area contributed by atoms with Gasteiger partial charge in [-0.25, -0.2) is 0 Å². The Bertz CT molecular complexity index is 3640. The van der Waals surface area contributed by atoms with Gasteiger partial charge in [0, 0.05) is 62.5 Å². The smallest absolute Gasteiger partial charge is 0.144 e. The number of aryl methyl sites for hydroxylation is 6. The number of para-hydroxylation sites is 1. The maximum absolute atomic E-state index is 9.90. The Morgan fingerprint density at radius 1 is 0.493 bits per heavy atom. The number of aromatic nitrogens is 3. The Morgan fingerprint density at radius 2 is 1.03 bits per heavy atom. The van der Waals surface area contributed by atoms with Gasteiger partial charge in [0.25, 0.3) is 0 Å². The first-order valence-electron chi connectivity index (χ1n) is 29.3. The lowest BCUT2D eigenvalue weighted by atomic mass is 9.88. The van der Waals surface area contributed by atoms with Crippen LogP contribution < -0.4 is 0 Å². The molecule has 0 aliphatic heterocycles. The molecule has 0 radical (unpaired) electrons. The Balaban J connectivity index is 1.04. The van der Waals surface area contributed by atoms with Crippen molar-refractivity contribution in [1.82, 2.24) is 15.0 Å². The fourth-order valence-corrected chi connectivity index (χ4v) is 9.80. The molecule has 5 nitrogen and oxygen atoms in total. The van der Waals surface area contributed by atoms with E-state index in [1.54, 1.807) is 24.3 Å². The SMILES string of the molecule is [2H]C([2H])(c1ccc(-c2cccc3c2oc2cc(C#N)ccc23)nc1)C([2H])([2H])c1cc(C([2H])([2H])C([2H])([2H])c2cnc(-c3ccccc3)cc2C2CCCC2)cc(C([2H])([2H])C([2H])([2H])c2cnc(-c3ccccc3)cc2C2CCCC2)c1. The largest absolute Gasteiger partial charge is 0.455 e. The van der Waals surface area contributed by atoms with E-state index in [9.17, 15) is 21.7 Å². The molecule has 0 unspecified atom stereocenters. The van der Waals surface area contributed by atoms with Crippen LogP contribution >= 0.6 is 0 Å². The third-order valence-electron chi connectivity index (χ3n) is 13.2. The van der Waals surface area contributed by atoms with Crippen molar-refractivity contribution in [2.24, 2.45) is 0 Å². The van der Waals surface area contributed by atoms with E-state index in [4.69, 9.17) is 4.42 Å². The monoisotopic (exact) mass is 885 g/mol. The molecule has 5 aromatic carbocycles. The molecule has 330 valence electrons. The fourth-order valence-electron chi connectivity index (χ4n) is 9.80. The van der Waals surface area contributed by atoms with Gasteiger partial charge in [0.2, 0.25) is 0 Å². The Morgan fingerprint density at radius 3 is 1.57 bits per heavy atom. The highest BCUT2D eigenvalue weighted by Gasteiger charge is 2.23. The number of rotatable bonds is 14. The summed E-state index contributed by atoms with van der Waals surface area (Å²) in [5, 5.41) is 11.1. The molecule has 4 aromatic heterocycles. The second-order valence-electron chi connectivity index (χ2n) is 17.6. The zero-order valence-corrected chi connectivity index (χ0v) is 37.0. The number of pyridine rings is 3. The highest BCUT2D eigenvalue weighted by Crippen LogP contribution is 2.40. The van der Waals surface area contributed by atoms with Gasteiger partial charge < -0.3 is 4.42 Å². The van der Waals surface area contributed by atoms with E-state index in [2.05, 4.69) is 21.0 Å². The molecule has 5 heteroatoms. The molecule has 0 amide bonds. The summed E-state index contributed by atoms with van der Waals surface area (Å²) in [5.41, 5.74) is 4.47. The molecule has 2 aliphatic rings. The number of hydrogen-bond acceptors (Lipinski definition) is 5. The molecule has 0 atom stereocenters. The van der Waals surface area contributed by atoms with E-state index in [0.29, 0.717) is 50.5 Å². The molecule has 2 aliphatic carbocycles. The van der Waals surface area contributed by atoms with Crippen molar-refractivity contribution in [1.29, 1.82) is 5.26 Å². The van der Waals surface area contributed by atoms with Crippen molar-refractivity contribution in [3.8, 4) is 39.8 Å². The summed E-state index contributed by atoms with van der Waals surface area (Å²) in [7, 11) is 0. The number of hydrogen-bond donors (Lipinski definition) is 0. The van der Waals surface area contributed by atoms with E-state index in [-0.39, 0.29) is 28.5 Å². The van der Waals surface area contributed by atoms with Gasteiger partial charge in [-0.2, -0.15) is 5.26 Å². The summed E-state index contributed by atoms with van der Waals surface area (Å²) in [6.45, 7) is 0. The average Bonchev–Trinajstić information content (AvgIpc) is 4.42. The summed E-state index contributed by atoms with van der Waals surface area (Å²) in [4.78, 5) is 13.9. The molecular formula is C62H56N4O. The third kappa shape index (κ3) is 9.32. The maximum atomic E-state index is 9.90. The van der Waals surface area contributed by atoms with Gasteiger partial charge >= 0.3 is 0 Å². The lowest BCUT2D eigenvalue weighted by Gasteiger charge is -2.18. The van der Waals surface area contributed by atoms with Crippen LogP contribution in [0.25, 0.3) is 55.7 Å². The van der Waals surface area contributed by atoms with Crippen molar-refractivity contribution in [2.45, 2.75) is 101 Å². The van der Waals surface area contributed by atoms with Crippen molar-refractivity contribution in [3.63, 3.8) is 0 Å². The third-order valence-corrected chi connectivity index (χ3v) is 13.2. The molecular weight excluding hydrogens is 817 g/mol. The van der Waals surface area contributed by atoms with E-state index in [1.165, 1.54) is 30.7 Å². The second-order valence-corrected chi connectivity index (χ2v) is 17.6. The van der Waals surface area contributed by atoms with Crippen LogP contribution in [0.3, 0.4) is 0 Å². The lowest BCUT2D eigenvalue weighted by molar-refractivity contribution is 0.669. The fraction of sp³-hybridized carbons (Fsp3) is 0.258. The van der Waals surface area contributed by atoms with Crippen LogP contribution in [-0.2, 0) is 38.2 Å². The number of nitriles is 1. The number of furan rings is 1. The van der Waals surface area contributed by atoms with E-state index < -0.39 is 54.9 Å². The Kier molecular flexibility index (Phi) is 8.94. The Hall–Kier alpha value is -7.16. The summed E-state index contributed by atoms with van der Waals surface area (Å²) < 4.78 is 124. The van der Waals surface area contributed by atoms with Crippen LogP contribution in [0.15, 0.2) is 163 Å². The van der Waals surface area contributed by atoms with Crippen LogP contribution in [0.2, 0.25) is 0 Å². The first-order chi connectivity index (χ1) is 37.6. The highest BCUT2D eigenvalue weighted by molar-refractivity contribution is 6.09. The number of nitrogens with zero attached hydrogens (tertiary/aromatic N) is 4. The molecule has 0 saturated heterocycles. The van der Waals surface area contributed by atoms with Gasteiger partial charge in [0.05, 0.1) is 28.7 Å². The Labute approximate surface area is 411 Å².